The van der Waals surface area contributed by atoms with E-state index in [1.807, 2.05) is 6.92 Å². The summed E-state index contributed by atoms with van der Waals surface area (Å²) in [6.07, 6.45) is 1.57. The Hall–Kier alpha value is -1.51. The standard InChI is InChI=1S/C21H34N4O2.HI/c1-6-27-20(26)25-13-11-17(12-14-25)24-19(22-5)23-15-21(3,4)18-10-8-7-9-16(18)2;/h7-10,17H,6,11-15H2,1-5H3,(H2,22,23,24);1H. The Morgan fingerprint density at radius 1 is 1.29 bits per heavy atom. The first-order valence-corrected chi connectivity index (χ1v) is 9.82. The Morgan fingerprint density at radius 3 is 2.50 bits per heavy atom. The summed E-state index contributed by atoms with van der Waals surface area (Å²) in [7, 11) is 1.80. The number of rotatable bonds is 5. The van der Waals surface area contributed by atoms with E-state index in [2.05, 4.69) is 60.7 Å². The molecule has 1 fully saturated rings. The van der Waals surface area contributed by atoms with Crippen LogP contribution in [0.1, 0.15) is 44.7 Å². The number of halogens is 1. The second-order valence-electron chi connectivity index (χ2n) is 7.73. The fourth-order valence-electron chi connectivity index (χ4n) is 3.54. The first-order valence-electron chi connectivity index (χ1n) is 9.82. The maximum absolute atomic E-state index is 11.8. The van der Waals surface area contributed by atoms with Gasteiger partial charge in [0.2, 0.25) is 0 Å². The number of benzene rings is 1. The summed E-state index contributed by atoms with van der Waals surface area (Å²) in [5.41, 5.74) is 2.64. The number of likely N-dealkylation sites (tertiary alicyclic amines) is 1. The molecule has 0 bridgehead atoms. The molecule has 0 aliphatic carbocycles. The van der Waals surface area contributed by atoms with Gasteiger partial charge in [0, 0.05) is 38.1 Å². The highest BCUT2D eigenvalue weighted by Gasteiger charge is 2.25. The number of ether oxygens (including phenoxy) is 1. The van der Waals surface area contributed by atoms with Crippen LogP contribution in [-0.4, -0.2) is 56.3 Å². The van der Waals surface area contributed by atoms with Crippen molar-refractivity contribution in [3.8, 4) is 0 Å². The first-order chi connectivity index (χ1) is 12.9. The second kappa shape index (κ2) is 11.5. The minimum absolute atomic E-state index is 0. The molecule has 1 aliphatic heterocycles. The van der Waals surface area contributed by atoms with E-state index in [4.69, 9.17) is 4.74 Å². The van der Waals surface area contributed by atoms with Gasteiger partial charge in [-0.15, -0.1) is 24.0 Å². The van der Waals surface area contributed by atoms with Crippen LogP contribution in [0.2, 0.25) is 0 Å². The predicted molar refractivity (Wildman–Crippen MR) is 126 cm³/mol. The zero-order valence-corrected chi connectivity index (χ0v) is 20.1. The molecule has 1 aromatic rings. The van der Waals surface area contributed by atoms with E-state index in [1.54, 1.807) is 11.9 Å². The van der Waals surface area contributed by atoms with Crippen molar-refractivity contribution in [2.75, 3.05) is 33.3 Å². The average Bonchev–Trinajstić information content (AvgIpc) is 2.66. The molecule has 2 N–H and O–H groups in total. The van der Waals surface area contributed by atoms with Gasteiger partial charge in [0.25, 0.3) is 0 Å². The lowest BCUT2D eigenvalue weighted by Crippen LogP contribution is -2.51. The van der Waals surface area contributed by atoms with Gasteiger partial charge < -0.3 is 20.3 Å². The third-order valence-electron chi connectivity index (χ3n) is 5.16. The molecule has 158 valence electrons. The van der Waals surface area contributed by atoms with Crippen LogP contribution in [0.3, 0.4) is 0 Å². The first kappa shape index (κ1) is 24.5. The number of aryl methyl sites for hydroxylation is 1. The van der Waals surface area contributed by atoms with Crippen molar-refractivity contribution in [3.63, 3.8) is 0 Å². The summed E-state index contributed by atoms with van der Waals surface area (Å²) in [4.78, 5) is 18.0. The number of piperidine rings is 1. The summed E-state index contributed by atoms with van der Waals surface area (Å²) in [5.74, 6) is 0.811. The van der Waals surface area contributed by atoms with Crippen LogP contribution in [0.5, 0.6) is 0 Å². The van der Waals surface area contributed by atoms with Crippen molar-refractivity contribution in [1.82, 2.24) is 15.5 Å². The van der Waals surface area contributed by atoms with E-state index in [9.17, 15) is 4.79 Å². The molecule has 1 heterocycles. The number of aliphatic imine (C=N–C) groups is 1. The zero-order chi connectivity index (χ0) is 19.9. The molecule has 0 saturated carbocycles. The molecule has 0 radical (unpaired) electrons. The number of amides is 1. The normalized spacial score (nSPS) is 15.6. The maximum atomic E-state index is 11.8. The molecule has 1 amide bonds. The Labute approximate surface area is 186 Å². The van der Waals surface area contributed by atoms with Crippen molar-refractivity contribution in [2.24, 2.45) is 4.99 Å². The van der Waals surface area contributed by atoms with Crippen molar-refractivity contribution in [3.05, 3.63) is 35.4 Å². The van der Waals surface area contributed by atoms with Gasteiger partial charge in [0.15, 0.2) is 5.96 Å². The molecular formula is C21H35IN4O2. The highest BCUT2D eigenvalue weighted by molar-refractivity contribution is 14.0. The SMILES string of the molecule is CCOC(=O)N1CCC(NC(=NC)NCC(C)(C)c2ccccc2C)CC1.I. The van der Waals surface area contributed by atoms with Gasteiger partial charge >= 0.3 is 6.09 Å². The molecule has 0 atom stereocenters. The maximum Gasteiger partial charge on any atom is 0.409 e. The van der Waals surface area contributed by atoms with Crippen molar-refractivity contribution < 1.29 is 9.53 Å². The van der Waals surface area contributed by atoms with E-state index < -0.39 is 0 Å². The van der Waals surface area contributed by atoms with Gasteiger partial charge in [-0.05, 0) is 37.8 Å². The molecular weight excluding hydrogens is 467 g/mol. The minimum Gasteiger partial charge on any atom is -0.450 e. The molecule has 28 heavy (non-hydrogen) atoms. The van der Waals surface area contributed by atoms with Gasteiger partial charge in [0.05, 0.1) is 6.61 Å². The van der Waals surface area contributed by atoms with E-state index >= 15 is 0 Å². The van der Waals surface area contributed by atoms with Crippen LogP contribution < -0.4 is 10.6 Å². The molecule has 0 unspecified atom stereocenters. The number of carbonyl (C=O) groups is 1. The fourth-order valence-corrected chi connectivity index (χ4v) is 3.54. The lowest BCUT2D eigenvalue weighted by molar-refractivity contribution is 0.0963. The van der Waals surface area contributed by atoms with Crippen molar-refractivity contribution in [2.45, 2.75) is 52.0 Å². The Bertz CT molecular complexity index is 656. The van der Waals surface area contributed by atoms with Gasteiger partial charge in [-0.3, -0.25) is 4.99 Å². The largest absolute Gasteiger partial charge is 0.450 e. The van der Waals surface area contributed by atoms with Crippen LogP contribution >= 0.6 is 24.0 Å². The number of carbonyl (C=O) groups excluding carboxylic acids is 1. The molecule has 1 aliphatic rings. The van der Waals surface area contributed by atoms with E-state index in [0.717, 1.165) is 25.3 Å². The quantitative estimate of drug-likeness (QED) is 0.367. The summed E-state index contributed by atoms with van der Waals surface area (Å²) in [6, 6.07) is 8.82. The lowest BCUT2D eigenvalue weighted by atomic mass is 9.82. The monoisotopic (exact) mass is 502 g/mol. The number of hydrogen-bond acceptors (Lipinski definition) is 3. The number of guanidine groups is 1. The molecule has 0 aromatic heterocycles. The Kier molecular flexibility index (Phi) is 10.1. The molecule has 1 saturated heterocycles. The van der Waals surface area contributed by atoms with Gasteiger partial charge in [-0.1, -0.05) is 38.1 Å². The van der Waals surface area contributed by atoms with Crippen LogP contribution in [0.15, 0.2) is 29.3 Å². The molecule has 7 heteroatoms. The van der Waals surface area contributed by atoms with Crippen molar-refractivity contribution >= 4 is 36.0 Å². The van der Waals surface area contributed by atoms with Crippen LogP contribution in [0, 0.1) is 6.92 Å². The number of nitrogens with one attached hydrogen (secondary N) is 2. The third kappa shape index (κ3) is 6.83. The Morgan fingerprint density at radius 2 is 1.93 bits per heavy atom. The van der Waals surface area contributed by atoms with E-state index in [1.165, 1.54) is 11.1 Å². The topological polar surface area (TPSA) is 66.0 Å². The smallest absolute Gasteiger partial charge is 0.409 e. The van der Waals surface area contributed by atoms with Crippen LogP contribution in [0.25, 0.3) is 0 Å². The van der Waals surface area contributed by atoms with Crippen molar-refractivity contribution in [1.29, 1.82) is 0 Å². The average molecular weight is 502 g/mol. The third-order valence-corrected chi connectivity index (χ3v) is 5.16. The highest BCUT2D eigenvalue weighted by atomic mass is 127. The summed E-state index contributed by atoms with van der Waals surface area (Å²) in [6.45, 7) is 11.1. The summed E-state index contributed by atoms with van der Waals surface area (Å²) >= 11 is 0. The number of hydrogen-bond donors (Lipinski definition) is 2. The van der Waals surface area contributed by atoms with Crippen LogP contribution in [0.4, 0.5) is 4.79 Å². The zero-order valence-electron chi connectivity index (χ0n) is 17.7. The highest BCUT2D eigenvalue weighted by Crippen LogP contribution is 2.25. The second-order valence-corrected chi connectivity index (χ2v) is 7.73. The van der Waals surface area contributed by atoms with Gasteiger partial charge in [-0.25, -0.2) is 4.79 Å². The van der Waals surface area contributed by atoms with E-state index in [-0.39, 0.29) is 35.5 Å². The lowest BCUT2D eigenvalue weighted by Gasteiger charge is -2.33. The molecule has 2 rings (SSSR count). The van der Waals surface area contributed by atoms with Gasteiger partial charge in [0.1, 0.15) is 0 Å². The Balaban J connectivity index is 0.00000392. The predicted octanol–water partition coefficient (Wildman–Crippen LogP) is 3.68. The summed E-state index contributed by atoms with van der Waals surface area (Å²) < 4.78 is 5.08. The molecule has 1 aromatic carbocycles. The van der Waals surface area contributed by atoms with Crippen LogP contribution in [-0.2, 0) is 10.2 Å². The van der Waals surface area contributed by atoms with Gasteiger partial charge in [-0.2, -0.15) is 0 Å². The molecule has 0 spiro atoms. The van der Waals surface area contributed by atoms with E-state index in [0.29, 0.717) is 25.7 Å². The minimum atomic E-state index is -0.210. The number of nitrogens with zero attached hydrogens (tertiary/aromatic N) is 2. The fraction of sp³-hybridized carbons (Fsp3) is 0.619. The molecule has 6 nitrogen and oxygen atoms in total. The summed E-state index contributed by atoms with van der Waals surface area (Å²) in [5, 5.41) is 6.97.